The van der Waals surface area contributed by atoms with E-state index in [9.17, 15) is 9.18 Å². The molecule has 6 heteroatoms. The fraction of sp³-hybridized carbons (Fsp3) is 0.583. The number of carbonyl (C=O) groups excluding carboxylic acids is 1. The van der Waals surface area contributed by atoms with Crippen molar-refractivity contribution in [1.82, 2.24) is 20.4 Å². The number of hydrogen-bond donors (Lipinski definition) is 1. The smallest absolute Gasteiger partial charge is 0.271 e. The van der Waals surface area contributed by atoms with Gasteiger partial charge in [0, 0.05) is 6.54 Å². The molecule has 0 aromatic carbocycles. The summed E-state index contributed by atoms with van der Waals surface area (Å²) in [5.74, 6) is -0.995. The standard InChI is InChI=1S/C12H19FN4O/c1-17(2)9-5-3-4-8-14-12(18)10-6-7-11(13)16-15-10/h6-7H,3-5,8-9H2,1-2H3,(H,14,18)/i13-1. The first-order chi connectivity index (χ1) is 8.59. The van der Waals surface area contributed by atoms with E-state index in [4.69, 9.17) is 0 Å². The molecule has 0 radical (unpaired) electrons. The number of hydrogen-bond acceptors (Lipinski definition) is 4. The van der Waals surface area contributed by atoms with Crippen molar-refractivity contribution in [3.05, 3.63) is 23.8 Å². The highest BCUT2D eigenvalue weighted by Gasteiger charge is 2.06. The third kappa shape index (κ3) is 5.67. The molecule has 0 atom stereocenters. The zero-order valence-electron chi connectivity index (χ0n) is 10.8. The molecule has 18 heavy (non-hydrogen) atoms. The minimum Gasteiger partial charge on any atom is -0.351 e. The number of amides is 1. The molecule has 1 aromatic heterocycles. The summed E-state index contributed by atoms with van der Waals surface area (Å²) in [5.41, 5.74) is 0.143. The van der Waals surface area contributed by atoms with E-state index in [0.29, 0.717) is 6.54 Å². The molecule has 0 spiro atoms. The molecule has 0 bridgehead atoms. The van der Waals surface area contributed by atoms with E-state index < -0.39 is 5.95 Å². The van der Waals surface area contributed by atoms with Gasteiger partial charge in [0.05, 0.1) is 0 Å². The maximum absolute atomic E-state index is 12.5. The Balaban J connectivity index is 2.16. The molecule has 100 valence electrons. The van der Waals surface area contributed by atoms with Gasteiger partial charge in [-0.3, -0.25) is 4.79 Å². The van der Waals surface area contributed by atoms with Crippen LogP contribution in [0.4, 0.5) is 4.39 Å². The van der Waals surface area contributed by atoms with Crippen molar-refractivity contribution in [3.8, 4) is 0 Å². The van der Waals surface area contributed by atoms with Gasteiger partial charge in [0.25, 0.3) is 5.91 Å². The first-order valence-electron chi connectivity index (χ1n) is 6.02. The van der Waals surface area contributed by atoms with Gasteiger partial charge in [0.15, 0.2) is 5.69 Å². The number of carbonyl (C=O) groups is 1. The fourth-order valence-corrected chi connectivity index (χ4v) is 1.46. The Morgan fingerprint density at radius 2 is 2.06 bits per heavy atom. The third-order valence-electron chi connectivity index (χ3n) is 2.43. The van der Waals surface area contributed by atoms with Crippen LogP contribution in [0.1, 0.15) is 29.8 Å². The summed E-state index contributed by atoms with van der Waals surface area (Å²) in [5, 5.41) is 9.40. The minimum atomic E-state index is -0.685. The number of nitrogens with zero attached hydrogens (tertiary/aromatic N) is 3. The second kappa shape index (κ2) is 7.71. The molecule has 5 nitrogen and oxygen atoms in total. The van der Waals surface area contributed by atoms with Crippen molar-refractivity contribution in [2.75, 3.05) is 27.2 Å². The van der Waals surface area contributed by atoms with E-state index in [1.165, 1.54) is 6.07 Å². The third-order valence-corrected chi connectivity index (χ3v) is 2.43. The first-order valence-corrected chi connectivity index (χ1v) is 6.02. The van der Waals surface area contributed by atoms with E-state index in [1.54, 1.807) is 0 Å². The van der Waals surface area contributed by atoms with Crippen LogP contribution in [0.3, 0.4) is 0 Å². The van der Waals surface area contributed by atoms with Crippen molar-refractivity contribution in [1.29, 1.82) is 0 Å². The lowest BCUT2D eigenvalue weighted by molar-refractivity contribution is 0.0946. The predicted octanol–water partition coefficient (Wildman–Crippen LogP) is 1.08. The SMILES string of the molecule is CN(C)CCCCCNC(=O)c1ccc([18F])nn1. The fourth-order valence-electron chi connectivity index (χ4n) is 1.46. The van der Waals surface area contributed by atoms with Crippen LogP contribution >= 0.6 is 0 Å². The average molecular weight is 253 g/mol. The predicted molar refractivity (Wildman–Crippen MR) is 66.7 cm³/mol. The Morgan fingerprint density at radius 1 is 1.28 bits per heavy atom. The average Bonchev–Trinajstić information content (AvgIpc) is 2.34. The monoisotopic (exact) mass is 253 g/mol. The van der Waals surface area contributed by atoms with Gasteiger partial charge in [0.2, 0.25) is 5.95 Å². The van der Waals surface area contributed by atoms with Gasteiger partial charge in [-0.05, 0) is 45.6 Å². The van der Waals surface area contributed by atoms with E-state index in [-0.39, 0.29) is 11.6 Å². The van der Waals surface area contributed by atoms with Crippen LogP contribution in [-0.2, 0) is 0 Å². The molecular formula is C12H19FN4O. The number of nitrogens with one attached hydrogen (secondary N) is 1. The molecule has 0 saturated heterocycles. The Labute approximate surface area is 106 Å². The van der Waals surface area contributed by atoms with Crippen molar-refractivity contribution in [2.45, 2.75) is 19.3 Å². The Kier molecular flexibility index (Phi) is 6.21. The molecule has 1 N–H and O–H groups in total. The highest BCUT2D eigenvalue weighted by atomic mass is 18.2. The molecule has 0 unspecified atom stereocenters. The van der Waals surface area contributed by atoms with Gasteiger partial charge in [-0.15, -0.1) is 10.2 Å². The normalized spacial score (nSPS) is 10.7. The van der Waals surface area contributed by atoms with Gasteiger partial charge in [-0.2, -0.15) is 4.39 Å². The summed E-state index contributed by atoms with van der Waals surface area (Å²) in [7, 11) is 4.07. The maximum Gasteiger partial charge on any atom is 0.271 e. The van der Waals surface area contributed by atoms with E-state index in [0.717, 1.165) is 31.9 Å². The summed E-state index contributed by atoms with van der Waals surface area (Å²) in [6.45, 7) is 1.66. The summed E-state index contributed by atoms with van der Waals surface area (Å²) >= 11 is 0. The minimum absolute atomic E-state index is 0.143. The van der Waals surface area contributed by atoms with E-state index in [2.05, 4.69) is 20.4 Å². The highest BCUT2D eigenvalue weighted by Crippen LogP contribution is 1.97. The molecule has 0 saturated carbocycles. The molecular weight excluding hydrogens is 234 g/mol. The van der Waals surface area contributed by atoms with Crippen molar-refractivity contribution in [3.63, 3.8) is 0 Å². The second-order valence-corrected chi connectivity index (χ2v) is 4.36. The van der Waals surface area contributed by atoms with E-state index in [1.807, 2.05) is 14.1 Å². The van der Waals surface area contributed by atoms with Crippen LogP contribution < -0.4 is 5.32 Å². The van der Waals surface area contributed by atoms with Crippen LogP contribution in [0.25, 0.3) is 0 Å². The molecule has 1 amide bonds. The maximum atomic E-state index is 12.5. The molecule has 1 aromatic rings. The van der Waals surface area contributed by atoms with Crippen LogP contribution in [0.5, 0.6) is 0 Å². The number of rotatable bonds is 7. The summed E-state index contributed by atoms with van der Waals surface area (Å²) in [6, 6.07) is 2.45. The second-order valence-electron chi connectivity index (χ2n) is 4.36. The van der Waals surface area contributed by atoms with Gasteiger partial charge in [-0.25, -0.2) is 0 Å². The molecule has 0 fully saturated rings. The number of halogens is 1. The Bertz CT molecular complexity index is 367. The first kappa shape index (κ1) is 14.5. The zero-order chi connectivity index (χ0) is 13.4. The summed E-state index contributed by atoms with van der Waals surface area (Å²) in [4.78, 5) is 13.7. The van der Waals surface area contributed by atoms with Crippen molar-refractivity contribution in [2.24, 2.45) is 0 Å². The Morgan fingerprint density at radius 3 is 2.67 bits per heavy atom. The zero-order valence-corrected chi connectivity index (χ0v) is 10.8. The molecule has 0 aliphatic rings. The molecule has 1 heterocycles. The highest BCUT2D eigenvalue weighted by molar-refractivity contribution is 5.91. The molecule has 0 aliphatic carbocycles. The van der Waals surface area contributed by atoms with Gasteiger partial charge >= 0.3 is 0 Å². The van der Waals surface area contributed by atoms with E-state index >= 15 is 0 Å². The van der Waals surface area contributed by atoms with Gasteiger partial charge in [-0.1, -0.05) is 6.42 Å². The van der Waals surface area contributed by atoms with Gasteiger partial charge in [0.1, 0.15) is 0 Å². The number of unbranched alkanes of at least 4 members (excludes halogenated alkanes) is 2. The molecule has 0 aliphatic heterocycles. The lowest BCUT2D eigenvalue weighted by Crippen LogP contribution is -2.25. The Hall–Kier alpha value is -1.56. The van der Waals surface area contributed by atoms with Crippen molar-refractivity contribution < 1.29 is 9.18 Å². The summed E-state index contributed by atoms with van der Waals surface area (Å²) < 4.78 is 12.5. The largest absolute Gasteiger partial charge is 0.351 e. The van der Waals surface area contributed by atoms with Crippen LogP contribution in [-0.4, -0.2) is 48.2 Å². The van der Waals surface area contributed by atoms with Crippen LogP contribution in [0.15, 0.2) is 12.1 Å². The lowest BCUT2D eigenvalue weighted by atomic mass is 10.2. The van der Waals surface area contributed by atoms with Crippen LogP contribution in [0, 0.1) is 5.95 Å². The lowest BCUT2D eigenvalue weighted by Gasteiger charge is -2.08. The summed E-state index contributed by atoms with van der Waals surface area (Å²) in [6.07, 6.45) is 3.10. The number of aromatic nitrogens is 2. The van der Waals surface area contributed by atoms with Gasteiger partial charge < -0.3 is 10.2 Å². The topological polar surface area (TPSA) is 58.1 Å². The van der Waals surface area contributed by atoms with Crippen molar-refractivity contribution >= 4 is 5.91 Å². The quantitative estimate of drug-likeness (QED) is 0.739. The van der Waals surface area contributed by atoms with Crippen LogP contribution in [0.2, 0.25) is 0 Å². The molecule has 1 rings (SSSR count).